The summed E-state index contributed by atoms with van der Waals surface area (Å²) in [5, 5.41) is 0. The molecule has 0 heterocycles. The van der Waals surface area contributed by atoms with Crippen molar-refractivity contribution in [1.82, 2.24) is 0 Å². The van der Waals surface area contributed by atoms with Crippen molar-refractivity contribution in [1.29, 1.82) is 0 Å². The molecule has 0 saturated carbocycles. The smallest absolute Gasteiger partial charge is 0.123 e. The maximum absolute atomic E-state index is 12.7. The third-order valence-electron chi connectivity index (χ3n) is 2.11. The molecule has 0 radical (unpaired) electrons. The van der Waals surface area contributed by atoms with E-state index in [0.717, 1.165) is 24.7 Å². The van der Waals surface area contributed by atoms with Gasteiger partial charge in [0.05, 0.1) is 6.61 Å². The first kappa shape index (κ1) is 11.7. The van der Waals surface area contributed by atoms with Crippen molar-refractivity contribution >= 4 is 6.29 Å². The molecule has 1 aromatic carbocycles. The van der Waals surface area contributed by atoms with Gasteiger partial charge in [0.25, 0.3) is 0 Å². The van der Waals surface area contributed by atoms with Crippen LogP contribution in [0.3, 0.4) is 0 Å². The van der Waals surface area contributed by atoms with Gasteiger partial charge in [0.2, 0.25) is 0 Å². The van der Waals surface area contributed by atoms with Gasteiger partial charge >= 0.3 is 0 Å². The van der Waals surface area contributed by atoms with Crippen molar-refractivity contribution < 1.29 is 13.9 Å². The molecule has 0 aliphatic carbocycles. The van der Waals surface area contributed by atoms with E-state index in [-0.39, 0.29) is 5.82 Å². The summed E-state index contributed by atoms with van der Waals surface area (Å²) in [5.74, 6) is 0.461. The van der Waals surface area contributed by atoms with E-state index in [1.165, 1.54) is 12.1 Å². The summed E-state index contributed by atoms with van der Waals surface area (Å²) in [7, 11) is 0. The lowest BCUT2D eigenvalue weighted by Gasteiger charge is -2.08. The standard InChI is InChI=1S/C12H15FO2/c1-10-9-11(13)5-6-12(10)15-8-4-2-3-7-14/h5-7,9H,2-4,8H2,1H3. The normalized spacial score (nSPS) is 10.0. The summed E-state index contributed by atoms with van der Waals surface area (Å²) in [5.41, 5.74) is 0.797. The fourth-order valence-electron chi connectivity index (χ4n) is 1.29. The predicted molar refractivity (Wildman–Crippen MR) is 56.5 cm³/mol. The highest BCUT2D eigenvalue weighted by molar-refractivity contribution is 5.48. The van der Waals surface area contributed by atoms with Crippen molar-refractivity contribution in [3.05, 3.63) is 29.6 Å². The van der Waals surface area contributed by atoms with Gasteiger partial charge in [-0.25, -0.2) is 4.39 Å². The van der Waals surface area contributed by atoms with Gasteiger partial charge in [-0.15, -0.1) is 0 Å². The first-order valence-corrected chi connectivity index (χ1v) is 5.06. The van der Waals surface area contributed by atoms with Crippen LogP contribution in [-0.2, 0) is 4.79 Å². The van der Waals surface area contributed by atoms with Gasteiger partial charge in [0.1, 0.15) is 17.9 Å². The second-order valence-corrected chi connectivity index (χ2v) is 3.42. The highest BCUT2D eigenvalue weighted by Crippen LogP contribution is 2.18. The molecule has 0 spiro atoms. The zero-order chi connectivity index (χ0) is 11.1. The molecule has 0 aliphatic rings. The molecule has 0 saturated heterocycles. The Hall–Kier alpha value is -1.38. The fourth-order valence-corrected chi connectivity index (χ4v) is 1.29. The molecule has 15 heavy (non-hydrogen) atoms. The molecule has 0 N–H and O–H groups in total. The van der Waals surface area contributed by atoms with Crippen LogP contribution in [0.1, 0.15) is 24.8 Å². The quantitative estimate of drug-likeness (QED) is 0.533. The molecular formula is C12H15FO2. The Morgan fingerprint density at radius 2 is 2.20 bits per heavy atom. The first-order valence-electron chi connectivity index (χ1n) is 5.06. The molecule has 0 bridgehead atoms. The lowest BCUT2D eigenvalue weighted by atomic mass is 10.2. The first-order chi connectivity index (χ1) is 7.24. The number of carbonyl (C=O) groups excluding carboxylic acids is 1. The topological polar surface area (TPSA) is 26.3 Å². The van der Waals surface area contributed by atoms with Crippen LogP contribution in [0.15, 0.2) is 18.2 Å². The van der Waals surface area contributed by atoms with E-state index in [9.17, 15) is 9.18 Å². The highest BCUT2D eigenvalue weighted by Gasteiger charge is 2.00. The SMILES string of the molecule is Cc1cc(F)ccc1OCCCCC=O. The van der Waals surface area contributed by atoms with Crippen LogP contribution in [0, 0.1) is 12.7 Å². The van der Waals surface area contributed by atoms with Gasteiger partial charge in [-0.1, -0.05) is 0 Å². The van der Waals surface area contributed by atoms with Crippen LogP contribution < -0.4 is 4.74 Å². The summed E-state index contributed by atoms with van der Waals surface area (Å²) >= 11 is 0. The lowest BCUT2D eigenvalue weighted by molar-refractivity contribution is -0.107. The van der Waals surface area contributed by atoms with Crippen molar-refractivity contribution in [3.8, 4) is 5.75 Å². The minimum absolute atomic E-state index is 0.249. The van der Waals surface area contributed by atoms with Crippen LogP contribution in [0.2, 0.25) is 0 Å². The molecule has 1 rings (SSSR count). The molecule has 0 atom stereocenters. The molecule has 0 fully saturated rings. The van der Waals surface area contributed by atoms with E-state index in [1.54, 1.807) is 6.07 Å². The molecule has 2 nitrogen and oxygen atoms in total. The monoisotopic (exact) mass is 210 g/mol. The van der Waals surface area contributed by atoms with Gasteiger partial charge in [-0.3, -0.25) is 0 Å². The molecule has 0 unspecified atom stereocenters. The highest BCUT2D eigenvalue weighted by atomic mass is 19.1. The Morgan fingerprint density at radius 1 is 1.40 bits per heavy atom. The van der Waals surface area contributed by atoms with Gasteiger partial charge in [0.15, 0.2) is 0 Å². The van der Waals surface area contributed by atoms with Gasteiger partial charge < -0.3 is 9.53 Å². The largest absolute Gasteiger partial charge is 0.493 e. The Kier molecular flexibility index (Phi) is 4.81. The fraction of sp³-hybridized carbons (Fsp3) is 0.417. The molecule has 82 valence electrons. The number of benzene rings is 1. The molecule has 0 amide bonds. The molecular weight excluding hydrogens is 195 g/mol. The predicted octanol–water partition coefficient (Wildman–Crippen LogP) is 2.88. The van der Waals surface area contributed by atoms with E-state index in [4.69, 9.17) is 4.74 Å². The third kappa shape index (κ3) is 4.11. The zero-order valence-electron chi connectivity index (χ0n) is 8.83. The average molecular weight is 210 g/mol. The second-order valence-electron chi connectivity index (χ2n) is 3.42. The van der Waals surface area contributed by atoms with E-state index in [2.05, 4.69) is 0 Å². The van der Waals surface area contributed by atoms with E-state index >= 15 is 0 Å². The maximum Gasteiger partial charge on any atom is 0.123 e. The number of hydrogen-bond acceptors (Lipinski definition) is 2. The van der Waals surface area contributed by atoms with Gasteiger partial charge in [-0.05, 0) is 43.5 Å². The Balaban J connectivity index is 2.34. The zero-order valence-corrected chi connectivity index (χ0v) is 8.83. The van der Waals surface area contributed by atoms with Crippen LogP contribution >= 0.6 is 0 Å². The minimum atomic E-state index is -0.249. The van der Waals surface area contributed by atoms with Crippen LogP contribution in [0.25, 0.3) is 0 Å². The summed E-state index contributed by atoms with van der Waals surface area (Å²) < 4.78 is 18.2. The molecule has 0 aliphatic heterocycles. The van der Waals surface area contributed by atoms with Gasteiger partial charge in [-0.2, -0.15) is 0 Å². The van der Waals surface area contributed by atoms with E-state index in [0.29, 0.717) is 18.8 Å². The number of ether oxygens (including phenoxy) is 1. The number of carbonyl (C=O) groups is 1. The van der Waals surface area contributed by atoms with Crippen molar-refractivity contribution in [2.45, 2.75) is 26.2 Å². The van der Waals surface area contributed by atoms with Crippen LogP contribution in [0.4, 0.5) is 4.39 Å². The third-order valence-corrected chi connectivity index (χ3v) is 2.11. The second kappa shape index (κ2) is 6.17. The lowest BCUT2D eigenvalue weighted by Crippen LogP contribution is -1.99. The Bertz CT molecular complexity index is 323. The van der Waals surface area contributed by atoms with Crippen LogP contribution in [0.5, 0.6) is 5.75 Å². The Labute approximate surface area is 89.1 Å². The Morgan fingerprint density at radius 3 is 2.87 bits per heavy atom. The minimum Gasteiger partial charge on any atom is -0.493 e. The van der Waals surface area contributed by atoms with Crippen molar-refractivity contribution in [3.63, 3.8) is 0 Å². The summed E-state index contributed by atoms with van der Waals surface area (Å²) in [6, 6.07) is 4.46. The molecule has 3 heteroatoms. The van der Waals surface area contributed by atoms with Crippen molar-refractivity contribution in [2.24, 2.45) is 0 Å². The van der Waals surface area contributed by atoms with E-state index < -0.39 is 0 Å². The van der Waals surface area contributed by atoms with Crippen molar-refractivity contribution in [2.75, 3.05) is 6.61 Å². The maximum atomic E-state index is 12.7. The molecule has 0 aromatic heterocycles. The number of aldehydes is 1. The average Bonchev–Trinajstić information content (AvgIpc) is 2.20. The summed E-state index contributed by atoms with van der Waals surface area (Å²) in [4.78, 5) is 10.0. The number of unbranched alkanes of at least 4 members (excludes halogenated alkanes) is 2. The molecule has 1 aromatic rings. The van der Waals surface area contributed by atoms with Gasteiger partial charge in [0, 0.05) is 6.42 Å². The number of halogens is 1. The number of aryl methyl sites for hydroxylation is 1. The van der Waals surface area contributed by atoms with Crippen LogP contribution in [-0.4, -0.2) is 12.9 Å². The summed E-state index contributed by atoms with van der Waals surface area (Å²) in [6.07, 6.45) is 3.16. The number of rotatable bonds is 6. The van der Waals surface area contributed by atoms with E-state index in [1.807, 2.05) is 6.92 Å². The number of hydrogen-bond donors (Lipinski definition) is 0. The summed E-state index contributed by atoms with van der Waals surface area (Å²) in [6.45, 7) is 2.38.